The molecule has 0 radical (unpaired) electrons. The van der Waals surface area contributed by atoms with E-state index < -0.39 is 0 Å². The molecule has 0 aromatic rings. The summed E-state index contributed by atoms with van der Waals surface area (Å²) in [4.78, 5) is 11.1. The normalized spacial score (nSPS) is 12.1. The van der Waals surface area contributed by atoms with Crippen LogP contribution in [0.4, 0.5) is 0 Å². The molecule has 0 aliphatic carbocycles. The highest BCUT2D eigenvalue weighted by Crippen LogP contribution is 2.19. The van der Waals surface area contributed by atoms with Crippen molar-refractivity contribution in [3.8, 4) is 0 Å². The van der Waals surface area contributed by atoms with Gasteiger partial charge in [-0.2, -0.15) is 0 Å². The molecule has 0 N–H and O–H groups in total. The molecule has 0 aliphatic rings. The lowest BCUT2D eigenvalue weighted by molar-refractivity contribution is -0.115. The van der Waals surface area contributed by atoms with E-state index in [1.54, 1.807) is 0 Å². The van der Waals surface area contributed by atoms with Gasteiger partial charge in [-0.05, 0) is 50.1 Å². The fourth-order valence-corrected chi connectivity index (χ4v) is 1.78. The maximum absolute atomic E-state index is 11.1. The molecule has 0 amide bonds. The Labute approximate surface area is 98.2 Å². The number of hydrogen-bond donors (Lipinski definition) is 0. The molecule has 0 aromatic heterocycles. The molecule has 1 unspecified atom stereocenters. The third-order valence-electron chi connectivity index (χ3n) is 2.49. The van der Waals surface area contributed by atoms with Crippen LogP contribution in [0.5, 0.6) is 0 Å². The summed E-state index contributed by atoms with van der Waals surface area (Å²) in [6.45, 7) is 7.33. The van der Waals surface area contributed by atoms with E-state index in [9.17, 15) is 4.79 Å². The lowest BCUT2D eigenvalue weighted by atomic mass is 9.96. The summed E-state index contributed by atoms with van der Waals surface area (Å²) in [5.74, 6) is 0.0384. The van der Waals surface area contributed by atoms with Crippen molar-refractivity contribution in [3.63, 3.8) is 0 Å². The van der Waals surface area contributed by atoms with Crippen molar-refractivity contribution >= 4 is 16.8 Å². The van der Waals surface area contributed by atoms with Crippen molar-refractivity contribution in [1.29, 1.82) is 0 Å². The van der Waals surface area contributed by atoms with Crippen molar-refractivity contribution in [2.75, 3.05) is 0 Å². The van der Waals surface area contributed by atoms with Crippen LogP contribution < -0.4 is 0 Å². The zero-order chi connectivity index (χ0) is 11.5. The Balaban J connectivity index is 3.67. The highest BCUT2D eigenvalue weighted by Gasteiger charge is 2.14. The van der Waals surface area contributed by atoms with Crippen LogP contribution in [0.1, 0.15) is 44.9 Å². The second kappa shape index (κ2) is 9.97. The second-order valence-corrected chi connectivity index (χ2v) is 4.17. The summed E-state index contributed by atoms with van der Waals surface area (Å²) < 4.78 is 0. The SMILES string of the molecule is C=CCCCCC(CCCC=C)C(=O)Cl. The van der Waals surface area contributed by atoms with Crippen molar-refractivity contribution in [2.45, 2.75) is 44.9 Å². The molecule has 0 rings (SSSR count). The monoisotopic (exact) mass is 228 g/mol. The third kappa shape index (κ3) is 8.44. The summed E-state index contributed by atoms with van der Waals surface area (Å²) in [6.07, 6.45) is 10.8. The third-order valence-corrected chi connectivity index (χ3v) is 2.80. The minimum Gasteiger partial charge on any atom is -0.281 e. The van der Waals surface area contributed by atoms with E-state index in [1.165, 1.54) is 0 Å². The van der Waals surface area contributed by atoms with Crippen molar-refractivity contribution in [1.82, 2.24) is 0 Å². The molecular weight excluding hydrogens is 208 g/mol. The number of rotatable bonds is 10. The van der Waals surface area contributed by atoms with Gasteiger partial charge >= 0.3 is 0 Å². The number of carbonyl (C=O) groups is 1. The average Bonchev–Trinajstić information content (AvgIpc) is 2.21. The highest BCUT2D eigenvalue weighted by atomic mass is 35.5. The lowest BCUT2D eigenvalue weighted by Crippen LogP contribution is -2.08. The van der Waals surface area contributed by atoms with E-state index >= 15 is 0 Å². The van der Waals surface area contributed by atoms with Gasteiger partial charge in [0.2, 0.25) is 5.24 Å². The van der Waals surface area contributed by atoms with E-state index in [1.807, 2.05) is 12.2 Å². The van der Waals surface area contributed by atoms with E-state index in [-0.39, 0.29) is 11.2 Å². The molecule has 0 aromatic carbocycles. The smallest absolute Gasteiger partial charge is 0.224 e. The van der Waals surface area contributed by atoms with Crippen molar-refractivity contribution < 1.29 is 4.79 Å². The summed E-state index contributed by atoms with van der Waals surface area (Å²) in [5, 5.41) is -0.183. The molecule has 0 aliphatic heterocycles. The van der Waals surface area contributed by atoms with Gasteiger partial charge in [0, 0.05) is 5.92 Å². The zero-order valence-electron chi connectivity index (χ0n) is 9.38. The lowest BCUT2D eigenvalue weighted by Gasteiger charge is -2.11. The van der Waals surface area contributed by atoms with Crippen LogP contribution in [-0.4, -0.2) is 5.24 Å². The van der Waals surface area contributed by atoms with Gasteiger partial charge in [-0.25, -0.2) is 0 Å². The highest BCUT2D eigenvalue weighted by molar-refractivity contribution is 6.63. The number of unbranched alkanes of at least 4 members (excludes halogenated alkanes) is 3. The van der Waals surface area contributed by atoms with E-state index in [0.717, 1.165) is 44.9 Å². The predicted octanol–water partition coefficient (Wildman–Crippen LogP) is 4.47. The van der Waals surface area contributed by atoms with Crippen molar-refractivity contribution in [3.05, 3.63) is 25.3 Å². The first-order valence-corrected chi connectivity index (χ1v) is 6.01. The summed E-state index contributed by atoms with van der Waals surface area (Å²) in [7, 11) is 0. The van der Waals surface area contributed by atoms with E-state index in [4.69, 9.17) is 11.6 Å². The quantitative estimate of drug-likeness (QED) is 0.306. The van der Waals surface area contributed by atoms with Crippen LogP contribution in [0.3, 0.4) is 0 Å². The first kappa shape index (κ1) is 14.4. The van der Waals surface area contributed by atoms with Crippen LogP contribution >= 0.6 is 11.6 Å². The fraction of sp³-hybridized carbons (Fsp3) is 0.615. The standard InChI is InChI=1S/C13H21ClO/c1-3-5-7-9-11-12(13(14)15)10-8-6-4-2/h3-4,12H,1-2,5-11H2. The summed E-state index contributed by atoms with van der Waals surface area (Å²) in [6, 6.07) is 0. The minimum atomic E-state index is -0.183. The molecule has 15 heavy (non-hydrogen) atoms. The maximum Gasteiger partial charge on any atom is 0.224 e. The molecule has 2 heteroatoms. The van der Waals surface area contributed by atoms with Gasteiger partial charge in [0.05, 0.1) is 0 Å². The van der Waals surface area contributed by atoms with E-state index in [2.05, 4.69) is 13.2 Å². The number of hydrogen-bond acceptors (Lipinski definition) is 1. The molecule has 0 spiro atoms. The molecule has 86 valence electrons. The first-order valence-electron chi connectivity index (χ1n) is 5.63. The van der Waals surface area contributed by atoms with Gasteiger partial charge in [0.25, 0.3) is 0 Å². The fourth-order valence-electron chi connectivity index (χ4n) is 1.56. The van der Waals surface area contributed by atoms with Crippen LogP contribution in [0.15, 0.2) is 25.3 Å². The number of halogens is 1. The Kier molecular flexibility index (Phi) is 9.60. The summed E-state index contributed by atoms with van der Waals surface area (Å²) in [5.41, 5.74) is 0. The topological polar surface area (TPSA) is 17.1 Å². The Hall–Kier alpha value is -0.560. The second-order valence-electron chi connectivity index (χ2n) is 3.79. The minimum absolute atomic E-state index is 0.0384. The average molecular weight is 229 g/mol. The molecule has 0 saturated heterocycles. The molecule has 0 bridgehead atoms. The molecule has 0 fully saturated rings. The van der Waals surface area contributed by atoms with Gasteiger partial charge in [-0.3, -0.25) is 4.79 Å². The van der Waals surface area contributed by atoms with Crippen LogP contribution in [-0.2, 0) is 4.79 Å². The molecule has 1 atom stereocenters. The Morgan fingerprint density at radius 2 is 1.60 bits per heavy atom. The zero-order valence-corrected chi connectivity index (χ0v) is 10.1. The first-order chi connectivity index (χ1) is 7.22. The number of allylic oxidation sites excluding steroid dienone is 2. The number of carbonyl (C=O) groups excluding carboxylic acids is 1. The Bertz CT molecular complexity index is 199. The maximum atomic E-state index is 11.1. The predicted molar refractivity (Wildman–Crippen MR) is 67.1 cm³/mol. The molecule has 0 heterocycles. The largest absolute Gasteiger partial charge is 0.281 e. The van der Waals surface area contributed by atoms with E-state index in [0.29, 0.717) is 0 Å². The molecular formula is C13H21ClO. The van der Waals surface area contributed by atoms with Gasteiger partial charge < -0.3 is 0 Å². The summed E-state index contributed by atoms with van der Waals surface area (Å²) >= 11 is 5.55. The Morgan fingerprint density at radius 1 is 1.07 bits per heavy atom. The van der Waals surface area contributed by atoms with Crippen LogP contribution in [0, 0.1) is 5.92 Å². The van der Waals surface area contributed by atoms with Gasteiger partial charge in [-0.1, -0.05) is 18.6 Å². The molecule has 1 nitrogen and oxygen atoms in total. The van der Waals surface area contributed by atoms with Gasteiger partial charge in [-0.15, -0.1) is 13.2 Å². The van der Waals surface area contributed by atoms with Crippen LogP contribution in [0.25, 0.3) is 0 Å². The van der Waals surface area contributed by atoms with Gasteiger partial charge in [0.1, 0.15) is 0 Å². The van der Waals surface area contributed by atoms with Crippen molar-refractivity contribution in [2.24, 2.45) is 5.92 Å². The molecule has 0 saturated carbocycles. The van der Waals surface area contributed by atoms with Crippen LogP contribution in [0.2, 0.25) is 0 Å². The van der Waals surface area contributed by atoms with Gasteiger partial charge in [0.15, 0.2) is 0 Å². The Morgan fingerprint density at radius 3 is 2.13 bits per heavy atom.